The van der Waals surface area contributed by atoms with E-state index in [1.807, 2.05) is 0 Å². The predicted molar refractivity (Wildman–Crippen MR) is 48.9 cm³/mol. The molecular weight excluding hydrogens is 150 g/mol. The monoisotopic (exact) mass is 169 g/mol. The van der Waals surface area contributed by atoms with E-state index >= 15 is 0 Å². The number of nitrogens with one attached hydrogen (secondary N) is 1. The zero-order chi connectivity index (χ0) is 8.55. The third kappa shape index (κ3) is 1.50. The van der Waals surface area contributed by atoms with Crippen LogP contribution in [0.15, 0.2) is 0 Å². The molecule has 0 aromatic rings. The number of hydrogen-bond donors (Lipinski definition) is 2. The van der Waals surface area contributed by atoms with Crippen LogP contribution in [0.5, 0.6) is 0 Å². The molecule has 2 heteroatoms. The van der Waals surface area contributed by atoms with Crippen molar-refractivity contribution in [2.24, 2.45) is 11.8 Å². The van der Waals surface area contributed by atoms with Crippen molar-refractivity contribution in [1.82, 2.24) is 5.32 Å². The van der Waals surface area contributed by atoms with Crippen molar-refractivity contribution in [2.75, 3.05) is 6.54 Å². The molecule has 0 bridgehead atoms. The van der Waals surface area contributed by atoms with E-state index in [0.29, 0.717) is 12.0 Å². The van der Waals surface area contributed by atoms with Crippen LogP contribution in [-0.4, -0.2) is 23.8 Å². The highest BCUT2D eigenvalue weighted by atomic mass is 16.3. The quantitative estimate of drug-likeness (QED) is 0.570. The predicted octanol–water partition coefficient (Wildman–Crippen LogP) is 1.15. The number of aliphatic hydroxyl groups is 1. The van der Waals surface area contributed by atoms with Gasteiger partial charge >= 0.3 is 0 Å². The highest BCUT2D eigenvalue weighted by molar-refractivity contribution is 4.90. The fraction of sp³-hybridized carbons (Fsp3) is 1.00. The molecule has 70 valence electrons. The van der Waals surface area contributed by atoms with Crippen molar-refractivity contribution in [3.63, 3.8) is 0 Å². The molecule has 2 nitrogen and oxygen atoms in total. The number of piperidine rings is 1. The van der Waals surface area contributed by atoms with E-state index < -0.39 is 0 Å². The zero-order valence-corrected chi connectivity index (χ0v) is 7.79. The first-order chi connectivity index (χ1) is 5.77. The van der Waals surface area contributed by atoms with Crippen molar-refractivity contribution in [1.29, 1.82) is 0 Å². The van der Waals surface area contributed by atoms with Gasteiger partial charge < -0.3 is 10.4 Å². The summed E-state index contributed by atoms with van der Waals surface area (Å²) >= 11 is 0. The van der Waals surface area contributed by atoms with Gasteiger partial charge in [0.1, 0.15) is 0 Å². The topological polar surface area (TPSA) is 32.3 Å². The van der Waals surface area contributed by atoms with Gasteiger partial charge in [0.15, 0.2) is 0 Å². The second-order valence-corrected chi connectivity index (χ2v) is 4.48. The minimum Gasteiger partial charge on any atom is -0.393 e. The van der Waals surface area contributed by atoms with Gasteiger partial charge in [-0.2, -0.15) is 0 Å². The van der Waals surface area contributed by atoms with Gasteiger partial charge in [-0.3, -0.25) is 0 Å². The molecule has 2 N–H and O–H groups in total. The van der Waals surface area contributed by atoms with Crippen molar-refractivity contribution in [3.8, 4) is 0 Å². The van der Waals surface area contributed by atoms with Gasteiger partial charge in [0.05, 0.1) is 6.10 Å². The van der Waals surface area contributed by atoms with Crippen molar-refractivity contribution < 1.29 is 5.11 Å². The summed E-state index contributed by atoms with van der Waals surface area (Å²) in [7, 11) is 0. The molecule has 1 saturated carbocycles. The molecule has 2 aliphatic rings. The maximum Gasteiger partial charge on any atom is 0.0580 e. The van der Waals surface area contributed by atoms with Crippen LogP contribution < -0.4 is 5.32 Å². The Morgan fingerprint density at radius 2 is 2.17 bits per heavy atom. The van der Waals surface area contributed by atoms with Gasteiger partial charge in [-0.15, -0.1) is 0 Å². The van der Waals surface area contributed by atoms with Crippen LogP contribution in [0.25, 0.3) is 0 Å². The van der Waals surface area contributed by atoms with Crippen LogP contribution >= 0.6 is 0 Å². The van der Waals surface area contributed by atoms with Gasteiger partial charge in [-0.05, 0) is 44.1 Å². The molecule has 1 saturated heterocycles. The van der Waals surface area contributed by atoms with Crippen LogP contribution in [0.3, 0.4) is 0 Å². The first kappa shape index (κ1) is 8.52. The maximum atomic E-state index is 9.68. The Bertz CT molecular complexity index is 142. The molecule has 0 radical (unpaired) electrons. The Balaban J connectivity index is 1.98. The standard InChI is InChI=1S/C10H19NO/c1-7-5-8-3-2-4-11-9(8)6-10(7)12/h7-12H,2-6H2,1H3. The number of hydrogen-bond acceptors (Lipinski definition) is 2. The van der Waals surface area contributed by atoms with Crippen LogP contribution in [0.1, 0.15) is 32.6 Å². The van der Waals surface area contributed by atoms with E-state index in [4.69, 9.17) is 0 Å². The van der Waals surface area contributed by atoms with E-state index in [1.54, 1.807) is 0 Å². The maximum absolute atomic E-state index is 9.68. The van der Waals surface area contributed by atoms with E-state index in [9.17, 15) is 5.11 Å². The highest BCUT2D eigenvalue weighted by Gasteiger charge is 2.34. The molecule has 0 aromatic carbocycles. The summed E-state index contributed by atoms with van der Waals surface area (Å²) in [6.45, 7) is 3.33. The minimum absolute atomic E-state index is 0.0585. The SMILES string of the molecule is CC1CC2CCCNC2CC1O. The molecule has 1 aliphatic carbocycles. The van der Waals surface area contributed by atoms with Gasteiger partial charge in [-0.1, -0.05) is 6.92 Å². The summed E-state index contributed by atoms with van der Waals surface area (Å²) in [5.41, 5.74) is 0. The number of aliphatic hydroxyl groups excluding tert-OH is 1. The minimum atomic E-state index is -0.0585. The molecule has 0 spiro atoms. The molecule has 4 atom stereocenters. The molecule has 1 heterocycles. The van der Waals surface area contributed by atoms with E-state index in [1.165, 1.54) is 19.3 Å². The molecule has 4 unspecified atom stereocenters. The van der Waals surface area contributed by atoms with Crippen molar-refractivity contribution in [3.05, 3.63) is 0 Å². The summed E-state index contributed by atoms with van der Waals surface area (Å²) in [6.07, 6.45) is 4.83. The van der Waals surface area contributed by atoms with Crippen LogP contribution in [0, 0.1) is 11.8 Å². The second-order valence-electron chi connectivity index (χ2n) is 4.48. The van der Waals surface area contributed by atoms with Gasteiger partial charge in [0, 0.05) is 6.04 Å². The summed E-state index contributed by atoms with van der Waals surface area (Å²) in [6, 6.07) is 0.616. The summed E-state index contributed by atoms with van der Waals surface area (Å²) in [5.74, 6) is 1.36. The fourth-order valence-corrected chi connectivity index (χ4v) is 2.70. The fourth-order valence-electron chi connectivity index (χ4n) is 2.70. The lowest BCUT2D eigenvalue weighted by atomic mass is 9.73. The first-order valence-corrected chi connectivity index (χ1v) is 5.19. The average Bonchev–Trinajstić information content (AvgIpc) is 2.07. The first-order valence-electron chi connectivity index (χ1n) is 5.19. The summed E-state index contributed by atoms with van der Waals surface area (Å²) in [4.78, 5) is 0. The Morgan fingerprint density at radius 1 is 1.33 bits per heavy atom. The third-order valence-electron chi connectivity index (χ3n) is 3.55. The van der Waals surface area contributed by atoms with Crippen LogP contribution in [-0.2, 0) is 0 Å². The lowest BCUT2D eigenvalue weighted by Gasteiger charge is -2.41. The Kier molecular flexibility index (Phi) is 2.37. The molecule has 0 aromatic heterocycles. The highest BCUT2D eigenvalue weighted by Crippen LogP contribution is 2.33. The van der Waals surface area contributed by atoms with E-state index in [0.717, 1.165) is 18.9 Å². The van der Waals surface area contributed by atoms with Gasteiger partial charge in [0.25, 0.3) is 0 Å². The van der Waals surface area contributed by atoms with E-state index in [-0.39, 0.29) is 6.10 Å². The van der Waals surface area contributed by atoms with Gasteiger partial charge in [-0.25, -0.2) is 0 Å². The lowest BCUT2D eigenvalue weighted by Crippen LogP contribution is -2.48. The average molecular weight is 169 g/mol. The Morgan fingerprint density at radius 3 is 3.00 bits per heavy atom. The Labute approximate surface area is 74.4 Å². The molecule has 12 heavy (non-hydrogen) atoms. The smallest absolute Gasteiger partial charge is 0.0580 e. The Hall–Kier alpha value is -0.0800. The molecular formula is C10H19NO. The molecule has 0 amide bonds. The largest absolute Gasteiger partial charge is 0.393 e. The normalized spacial score (nSPS) is 48.5. The number of fused-ring (bicyclic) bond motifs is 1. The van der Waals surface area contributed by atoms with Crippen LogP contribution in [0.4, 0.5) is 0 Å². The lowest BCUT2D eigenvalue weighted by molar-refractivity contribution is 0.0263. The van der Waals surface area contributed by atoms with Crippen molar-refractivity contribution in [2.45, 2.75) is 44.8 Å². The molecule has 2 rings (SSSR count). The van der Waals surface area contributed by atoms with E-state index in [2.05, 4.69) is 12.2 Å². The number of rotatable bonds is 0. The molecule has 2 fully saturated rings. The second kappa shape index (κ2) is 3.35. The summed E-state index contributed by atoms with van der Waals surface area (Å²) < 4.78 is 0. The molecule has 1 aliphatic heterocycles. The van der Waals surface area contributed by atoms with Crippen molar-refractivity contribution >= 4 is 0 Å². The summed E-state index contributed by atoms with van der Waals surface area (Å²) in [5, 5.41) is 13.2. The van der Waals surface area contributed by atoms with Gasteiger partial charge in [0.2, 0.25) is 0 Å². The van der Waals surface area contributed by atoms with Crippen LogP contribution in [0.2, 0.25) is 0 Å². The third-order valence-corrected chi connectivity index (χ3v) is 3.55. The zero-order valence-electron chi connectivity index (χ0n) is 7.79.